The highest BCUT2D eigenvalue weighted by Gasteiger charge is 2.08. The molecule has 0 spiro atoms. The van der Waals surface area contributed by atoms with Crippen molar-refractivity contribution in [1.82, 2.24) is 0 Å². The number of hydrogen-bond acceptors (Lipinski definition) is 3. The molecule has 0 nitrogen and oxygen atoms in total. The van der Waals surface area contributed by atoms with E-state index in [0.717, 1.165) is 0 Å². The molecule has 0 unspecified atom stereocenters. The predicted molar refractivity (Wildman–Crippen MR) is 83.4 cm³/mol. The van der Waals surface area contributed by atoms with Gasteiger partial charge in [0.1, 0.15) is 0 Å². The molecule has 0 aromatic carbocycles. The molecular weight excluding hydrogens is 332 g/mol. The second kappa shape index (κ2) is 4.69. The minimum atomic E-state index is 1.19. The van der Waals surface area contributed by atoms with E-state index < -0.39 is 0 Å². The molecule has 0 N–H and O–H groups in total. The SMILES string of the molecule is Cc1ccc(-c2ccc(-c3ccc(Br)s3)s2)s1. The molecule has 3 heterocycles. The average Bonchev–Trinajstić information content (AvgIpc) is 2.96. The van der Waals surface area contributed by atoms with Gasteiger partial charge in [-0.2, -0.15) is 0 Å². The number of thiophene rings is 3. The number of rotatable bonds is 2. The van der Waals surface area contributed by atoms with Crippen molar-refractivity contribution in [2.75, 3.05) is 0 Å². The monoisotopic (exact) mass is 340 g/mol. The molecule has 0 saturated carbocycles. The molecule has 86 valence electrons. The Morgan fingerprint density at radius 2 is 1.24 bits per heavy atom. The zero-order valence-electron chi connectivity index (χ0n) is 9.07. The number of hydrogen-bond donors (Lipinski definition) is 0. The van der Waals surface area contributed by atoms with Crippen LogP contribution >= 0.6 is 49.9 Å². The van der Waals surface area contributed by atoms with Crippen molar-refractivity contribution >= 4 is 49.9 Å². The van der Waals surface area contributed by atoms with Gasteiger partial charge in [0.2, 0.25) is 0 Å². The zero-order valence-corrected chi connectivity index (χ0v) is 13.1. The van der Waals surface area contributed by atoms with Crippen molar-refractivity contribution in [3.63, 3.8) is 0 Å². The lowest BCUT2D eigenvalue weighted by molar-refractivity contribution is 1.64. The molecule has 0 saturated heterocycles. The summed E-state index contributed by atoms with van der Waals surface area (Å²) in [6.45, 7) is 2.15. The van der Waals surface area contributed by atoms with Crippen molar-refractivity contribution in [3.05, 3.63) is 45.1 Å². The van der Waals surface area contributed by atoms with Crippen molar-refractivity contribution in [3.8, 4) is 19.5 Å². The molecule has 0 fully saturated rings. The molecule has 3 aromatic heterocycles. The average molecular weight is 341 g/mol. The second-order valence-electron chi connectivity index (χ2n) is 3.68. The van der Waals surface area contributed by atoms with Gasteiger partial charge in [-0.3, -0.25) is 0 Å². The summed E-state index contributed by atoms with van der Waals surface area (Å²) in [7, 11) is 0. The Kier molecular flexibility index (Phi) is 3.21. The lowest BCUT2D eigenvalue weighted by atomic mass is 10.3. The van der Waals surface area contributed by atoms with Crippen LogP contribution in [0.4, 0.5) is 0 Å². The maximum atomic E-state index is 3.51. The Morgan fingerprint density at radius 1 is 0.706 bits per heavy atom. The Labute approximate surface area is 121 Å². The summed E-state index contributed by atoms with van der Waals surface area (Å²) < 4.78 is 1.19. The molecule has 0 radical (unpaired) electrons. The molecule has 3 aromatic rings. The van der Waals surface area contributed by atoms with Crippen molar-refractivity contribution in [2.45, 2.75) is 6.92 Å². The zero-order chi connectivity index (χ0) is 11.8. The van der Waals surface area contributed by atoms with Gasteiger partial charge in [0.15, 0.2) is 0 Å². The fourth-order valence-corrected chi connectivity index (χ4v) is 5.06. The maximum Gasteiger partial charge on any atom is 0.0705 e. The van der Waals surface area contributed by atoms with Crippen LogP contribution in [0.5, 0.6) is 0 Å². The van der Waals surface area contributed by atoms with E-state index in [1.165, 1.54) is 28.2 Å². The van der Waals surface area contributed by atoms with Crippen LogP contribution in [0.1, 0.15) is 4.88 Å². The van der Waals surface area contributed by atoms with Gasteiger partial charge in [0.25, 0.3) is 0 Å². The summed E-state index contributed by atoms with van der Waals surface area (Å²) in [5.74, 6) is 0. The first-order valence-corrected chi connectivity index (χ1v) is 8.39. The molecule has 17 heavy (non-hydrogen) atoms. The highest BCUT2D eigenvalue weighted by Crippen LogP contribution is 2.40. The first-order chi connectivity index (χ1) is 8.22. The topological polar surface area (TPSA) is 0 Å². The van der Waals surface area contributed by atoms with E-state index in [1.54, 1.807) is 11.3 Å². The Hall–Kier alpha value is -0.420. The van der Waals surface area contributed by atoms with Gasteiger partial charge in [0.05, 0.1) is 3.79 Å². The van der Waals surface area contributed by atoms with E-state index in [2.05, 4.69) is 59.3 Å². The fraction of sp³-hybridized carbons (Fsp3) is 0.0769. The molecule has 0 aliphatic rings. The lowest BCUT2D eigenvalue weighted by Crippen LogP contribution is -1.57. The standard InChI is InChI=1S/C13H9BrS3/c1-8-2-3-9(15-8)10-4-5-11(16-10)12-6-7-13(14)17-12/h2-7H,1H3. The van der Waals surface area contributed by atoms with E-state index in [4.69, 9.17) is 0 Å². The quantitative estimate of drug-likeness (QED) is 0.515. The number of halogens is 1. The van der Waals surface area contributed by atoms with Gasteiger partial charge in [-0.25, -0.2) is 0 Å². The molecular formula is C13H9BrS3. The fourth-order valence-electron chi connectivity index (χ4n) is 1.62. The van der Waals surface area contributed by atoms with E-state index in [-0.39, 0.29) is 0 Å². The van der Waals surface area contributed by atoms with Crippen molar-refractivity contribution in [1.29, 1.82) is 0 Å². The Bertz CT molecular complexity index is 590. The minimum Gasteiger partial charge on any atom is -0.140 e. The second-order valence-corrected chi connectivity index (χ2v) is 8.51. The van der Waals surface area contributed by atoms with Crippen LogP contribution in [0, 0.1) is 6.92 Å². The van der Waals surface area contributed by atoms with Crippen LogP contribution < -0.4 is 0 Å². The third-order valence-electron chi connectivity index (χ3n) is 2.41. The summed E-state index contributed by atoms with van der Waals surface area (Å²) in [6, 6.07) is 13.1. The summed E-state index contributed by atoms with van der Waals surface area (Å²) in [5, 5.41) is 0. The maximum absolute atomic E-state index is 3.51. The lowest BCUT2D eigenvalue weighted by Gasteiger charge is -1.90. The summed E-state index contributed by atoms with van der Waals surface area (Å²) in [5.41, 5.74) is 0. The molecule has 3 rings (SSSR count). The van der Waals surface area contributed by atoms with E-state index in [1.807, 2.05) is 22.7 Å². The van der Waals surface area contributed by atoms with E-state index in [9.17, 15) is 0 Å². The van der Waals surface area contributed by atoms with Crippen LogP contribution in [0.3, 0.4) is 0 Å². The van der Waals surface area contributed by atoms with Crippen LogP contribution in [0.15, 0.2) is 40.2 Å². The Morgan fingerprint density at radius 3 is 1.76 bits per heavy atom. The van der Waals surface area contributed by atoms with E-state index in [0.29, 0.717) is 0 Å². The van der Waals surface area contributed by atoms with Crippen molar-refractivity contribution in [2.24, 2.45) is 0 Å². The first kappa shape index (κ1) is 11.7. The highest BCUT2D eigenvalue weighted by atomic mass is 79.9. The van der Waals surface area contributed by atoms with Crippen molar-refractivity contribution < 1.29 is 0 Å². The largest absolute Gasteiger partial charge is 0.140 e. The van der Waals surface area contributed by atoms with Gasteiger partial charge in [-0.05, 0) is 59.3 Å². The minimum absolute atomic E-state index is 1.19. The molecule has 0 aliphatic carbocycles. The van der Waals surface area contributed by atoms with Gasteiger partial charge in [-0.1, -0.05) is 0 Å². The molecule has 0 amide bonds. The summed E-state index contributed by atoms with van der Waals surface area (Å²) >= 11 is 9.02. The molecule has 0 aliphatic heterocycles. The normalized spacial score (nSPS) is 10.9. The van der Waals surface area contributed by atoms with Crippen LogP contribution in [0.2, 0.25) is 0 Å². The Balaban J connectivity index is 1.98. The van der Waals surface area contributed by atoms with Crippen LogP contribution in [-0.4, -0.2) is 0 Å². The summed E-state index contributed by atoms with van der Waals surface area (Å²) in [6.07, 6.45) is 0. The molecule has 4 heteroatoms. The van der Waals surface area contributed by atoms with Gasteiger partial charge in [0, 0.05) is 24.4 Å². The van der Waals surface area contributed by atoms with Gasteiger partial charge < -0.3 is 0 Å². The third kappa shape index (κ3) is 2.40. The first-order valence-electron chi connectivity index (χ1n) is 5.15. The predicted octanol–water partition coefficient (Wildman–Crippen LogP) is 6.28. The summed E-state index contributed by atoms with van der Waals surface area (Å²) in [4.78, 5) is 6.79. The number of aryl methyl sites for hydroxylation is 1. The highest BCUT2D eigenvalue weighted by molar-refractivity contribution is 9.11. The van der Waals surface area contributed by atoms with Crippen LogP contribution in [-0.2, 0) is 0 Å². The molecule has 0 atom stereocenters. The van der Waals surface area contributed by atoms with Gasteiger partial charge in [-0.15, -0.1) is 34.0 Å². The molecule has 0 bridgehead atoms. The third-order valence-corrected chi connectivity index (χ3v) is 6.51. The van der Waals surface area contributed by atoms with Gasteiger partial charge >= 0.3 is 0 Å². The van der Waals surface area contributed by atoms with E-state index >= 15 is 0 Å². The smallest absolute Gasteiger partial charge is 0.0705 e. The van der Waals surface area contributed by atoms with Crippen LogP contribution in [0.25, 0.3) is 19.5 Å².